The summed E-state index contributed by atoms with van der Waals surface area (Å²) in [6, 6.07) is 8.15. The van der Waals surface area contributed by atoms with Gasteiger partial charge in [-0.25, -0.2) is 4.98 Å². The summed E-state index contributed by atoms with van der Waals surface area (Å²) in [5, 5.41) is 0. The quantitative estimate of drug-likeness (QED) is 0.815. The Morgan fingerprint density at radius 1 is 1.33 bits per heavy atom. The van der Waals surface area contributed by atoms with Crippen LogP contribution in [0.4, 0.5) is 5.69 Å². The third kappa shape index (κ3) is 2.95. The molecule has 21 heavy (non-hydrogen) atoms. The van der Waals surface area contributed by atoms with E-state index in [-0.39, 0.29) is 11.8 Å². The highest BCUT2D eigenvalue weighted by Crippen LogP contribution is 2.26. The van der Waals surface area contributed by atoms with Crippen molar-refractivity contribution in [3.8, 4) is 0 Å². The third-order valence-corrected chi connectivity index (χ3v) is 4.38. The van der Waals surface area contributed by atoms with Gasteiger partial charge in [-0.2, -0.15) is 0 Å². The molecule has 1 aliphatic rings. The molecule has 1 aromatic carbocycles. The second-order valence-electron chi connectivity index (χ2n) is 5.50. The number of aromatic nitrogens is 2. The van der Waals surface area contributed by atoms with Crippen molar-refractivity contribution in [2.24, 2.45) is 5.92 Å². The van der Waals surface area contributed by atoms with E-state index in [1.807, 2.05) is 30.2 Å². The molecule has 110 valence electrons. The van der Waals surface area contributed by atoms with Gasteiger partial charge < -0.3 is 9.47 Å². The molecule has 5 heteroatoms. The molecule has 0 bridgehead atoms. The highest BCUT2D eigenvalue weighted by Gasteiger charge is 2.29. The Bertz CT molecular complexity index is 635. The third-order valence-electron chi connectivity index (χ3n) is 3.95. The summed E-state index contributed by atoms with van der Waals surface area (Å²) in [7, 11) is 0. The van der Waals surface area contributed by atoms with Crippen molar-refractivity contribution < 1.29 is 4.79 Å². The van der Waals surface area contributed by atoms with E-state index in [2.05, 4.69) is 21.7 Å². The predicted octanol–water partition coefficient (Wildman–Crippen LogP) is 2.83. The number of alkyl halides is 1. The van der Waals surface area contributed by atoms with Crippen molar-refractivity contribution in [3.63, 3.8) is 0 Å². The lowest BCUT2D eigenvalue weighted by atomic mass is 10.1. The lowest BCUT2D eigenvalue weighted by molar-refractivity contribution is -0.117. The van der Waals surface area contributed by atoms with Gasteiger partial charge in [0.1, 0.15) is 5.82 Å². The number of rotatable bonds is 4. The van der Waals surface area contributed by atoms with E-state index in [1.165, 1.54) is 5.56 Å². The zero-order valence-corrected chi connectivity index (χ0v) is 12.8. The molecular formula is C16H18ClN3O. The van der Waals surface area contributed by atoms with Crippen LogP contribution in [0, 0.1) is 12.8 Å². The SMILES string of the molecule is Cc1nccn1Cc1ccc(N2CC(CCl)CC2=O)cc1. The van der Waals surface area contributed by atoms with Gasteiger partial charge in [0.2, 0.25) is 5.91 Å². The normalized spacial score (nSPS) is 18.5. The van der Waals surface area contributed by atoms with Crippen molar-refractivity contribution in [1.29, 1.82) is 0 Å². The first-order valence-electron chi connectivity index (χ1n) is 7.10. The van der Waals surface area contributed by atoms with Crippen LogP contribution in [0.1, 0.15) is 17.8 Å². The van der Waals surface area contributed by atoms with Gasteiger partial charge in [0.25, 0.3) is 0 Å². The highest BCUT2D eigenvalue weighted by molar-refractivity contribution is 6.18. The molecule has 1 saturated heterocycles. The maximum atomic E-state index is 12.0. The number of nitrogens with zero attached hydrogens (tertiary/aromatic N) is 3. The van der Waals surface area contributed by atoms with E-state index in [9.17, 15) is 4.79 Å². The van der Waals surface area contributed by atoms with Crippen LogP contribution < -0.4 is 4.90 Å². The standard InChI is InChI=1S/C16H18ClN3O/c1-12-18-6-7-19(12)10-13-2-4-15(5-3-13)20-11-14(9-17)8-16(20)21/h2-7,14H,8-11H2,1H3. The Balaban J connectivity index is 1.72. The molecule has 1 unspecified atom stereocenters. The molecule has 2 heterocycles. The van der Waals surface area contributed by atoms with E-state index in [0.29, 0.717) is 12.3 Å². The largest absolute Gasteiger partial charge is 0.331 e. The first-order chi connectivity index (χ1) is 10.2. The molecule has 1 fully saturated rings. The Labute approximate surface area is 129 Å². The van der Waals surface area contributed by atoms with Crippen LogP contribution in [0.5, 0.6) is 0 Å². The van der Waals surface area contributed by atoms with Crippen LogP contribution in [-0.2, 0) is 11.3 Å². The smallest absolute Gasteiger partial charge is 0.227 e. The van der Waals surface area contributed by atoms with Crippen molar-refractivity contribution in [1.82, 2.24) is 9.55 Å². The molecule has 1 aliphatic heterocycles. The maximum Gasteiger partial charge on any atom is 0.227 e. The van der Waals surface area contributed by atoms with Gasteiger partial charge in [-0.1, -0.05) is 12.1 Å². The summed E-state index contributed by atoms with van der Waals surface area (Å²) in [6.07, 6.45) is 4.33. The molecule has 3 rings (SSSR count). The first kappa shape index (κ1) is 14.1. The Morgan fingerprint density at radius 2 is 2.10 bits per heavy atom. The lowest BCUT2D eigenvalue weighted by Crippen LogP contribution is -2.24. The number of aryl methyl sites for hydroxylation is 1. The molecular weight excluding hydrogens is 286 g/mol. The number of carbonyl (C=O) groups is 1. The number of amides is 1. The maximum absolute atomic E-state index is 12.0. The van der Waals surface area contributed by atoms with Crippen LogP contribution in [0.25, 0.3) is 0 Å². The molecule has 0 radical (unpaired) electrons. The fraction of sp³-hybridized carbons (Fsp3) is 0.375. The van der Waals surface area contributed by atoms with E-state index in [0.717, 1.165) is 24.6 Å². The number of benzene rings is 1. The molecule has 1 amide bonds. The number of hydrogen-bond donors (Lipinski definition) is 0. The summed E-state index contributed by atoms with van der Waals surface area (Å²) in [6.45, 7) is 3.51. The van der Waals surface area contributed by atoms with Gasteiger partial charge in [0, 0.05) is 43.5 Å². The number of imidazole rings is 1. The first-order valence-corrected chi connectivity index (χ1v) is 7.64. The molecule has 0 spiro atoms. The molecule has 4 nitrogen and oxygen atoms in total. The minimum Gasteiger partial charge on any atom is -0.331 e. The van der Waals surface area contributed by atoms with Crippen molar-refractivity contribution in [2.45, 2.75) is 19.9 Å². The lowest BCUT2D eigenvalue weighted by Gasteiger charge is -2.17. The van der Waals surface area contributed by atoms with Crippen molar-refractivity contribution in [2.75, 3.05) is 17.3 Å². The topological polar surface area (TPSA) is 38.1 Å². The average Bonchev–Trinajstić information content (AvgIpc) is 3.06. The Hall–Kier alpha value is -1.81. The van der Waals surface area contributed by atoms with E-state index < -0.39 is 0 Å². The predicted molar refractivity (Wildman–Crippen MR) is 83.7 cm³/mol. The van der Waals surface area contributed by atoms with Crippen molar-refractivity contribution >= 4 is 23.2 Å². The van der Waals surface area contributed by atoms with Gasteiger partial charge in [-0.15, -0.1) is 11.6 Å². The number of carbonyl (C=O) groups excluding carboxylic acids is 1. The second-order valence-corrected chi connectivity index (χ2v) is 5.81. The summed E-state index contributed by atoms with van der Waals surface area (Å²) in [4.78, 5) is 18.0. The van der Waals surface area contributed by atoms with E-state index in [1.54, 1.807) is 6.20 Å². The van der Waals surface area contributed by atoms with Crippen molar-refractivity contribution in [3.05, 3.63) is 48.0 Å². The number of hydrogen-bond acceptors (Lipinski definition) is 2. The minimum absolute atomic E-state index is 0.166. The zero-order valence-electron chi connectivity index (χ0n) is 12.0. The van der Waals surface area contributed by atoms with E-state index in [4.69, 9.17) is 11.6 Å². The zero-order chi connectivity index (χ0) is 14.8. The van der Waals surface area contributed by atoms with Gasteiger partial charge >= 0.3 is 0 Å². The fourth-order valence-electron chi connectivity index (χ4n) is 2.68. The van der Waals surface area contributed by atoms with E-state index >= 15 is 0 Å². The average molecular weight is 304 g/mol. The van der Waals surface area contributed by atoms with Crippen LogP contribution in [0.2, 0.25) is 0 Å². The Morgan fingerprint density at radius 3 is 2.67 bits per heavy atom. The summed E-state index contributed by atoms with van der Waals surface area (Å²) in [5.74, 6) is 1.98. The molecule has 0 N–H and O–H groups in total. The summed E-state index contributed by atoms with van der Waals surface area (Å²) >= 11 is 5.86. The van der Waals surface area contributed by atoms with Crippen LogP contribution in [0.3, 0.4) is 0 Å². The number of anilines is 1. The van der Waals surface area contributed by atoms with Crippen LogP contribution in [0.15, 0.2) is 36.7 Å². The second kappa shape index (κ2) is 5.90. The summed E-state index contributed by atoms with van der Waals surface area (Å²) in [5.41, 5.74) is 2.15. The van der Waals surface area contributed by atoms with Gasteiger partial charge in [0.05, 0.1) is 0 Å². The van der Waals surface area contributed by atoms with Gasteiger partial charge in [-0.05, 0) is 30.5 Å². The highest BCUT2D eigenvalue weighted by atomic mass is 35.5. The molecule has 0 saturated carbocycles. The van der Waals surface area contributed by atoms with Gasteiger partial charge in [-0.3, -0.25) is 4.79 Å². The molecule has 2 aromatic rings. The fourth-order valence-corrected chi connectivity index (χ4v) is 2.89. The van der Waals surface area contributed by atoms with Gasteiger partial charge in [0.15, 0.2) is 0 Å². The van der Waals surface area contributed by atoms with Crippen LogP contribution >= 0.6 is 11.6 Å². The Kier molecular flexibility index (Phi) is 3.97. The molecule has 1 atom stereocenters. The molecule has 1 aromatic heterocycles. The summed E-state index contributed by atoms with van der Waals surface area (Å²) < 4.78 is 2.10. The van der Waals surface area contributed by atoms with Crippen LogP contribution in [-0.4, -0.2) is 27.9 Å². The minimum atomic E-state index is 0.166. The monoisotopic (exact) mass is 303 g/mol. The number of halogens is 1. The molecule has 0 aliphatic carbocycles.